The minimum atomic E-state index is -0.247. The minimum absolute atomic E-state index is 0.247. The summed E-state index contributed by atoms with van der Waals surface area (Å²) < 4.78 is 0. The predicted molar refractivity (Wildman–Crippen MR) is 198 cm³/mol. The van der Waals surface area contributed by atoms with Crippen LogP contribution >= 0.6 is 0 Å². The van der Waals surface area contributed by atoms with Gasteiger partial charge < -0.3 is 4.90 Å². The zero-order valence-corrected chi connectivity index (χ0v) is 26.8. The highest BCUT2D eigenvalue weighted by molar-refractivity contribution is 6.16. The van der Waals surface area contributed by atoms with Crippen molar-refractivity contribution < 1.29 is 0 Å². The van der Waals surface area contributed by atoms with Crippen LogP contribution in [0.15, 0.2) is 158 Å². The van der Waals surface area contributed by atoms with E-state index in [1.165, 1.54) is 32.7 Å². The maximum absolute atomic E-state index is 5.06. The summed E-state index contributed by atoms with van der Waals surface area (Å²) in [6, 6.07) is 55.4. The van der Waals surface area contributed by atoms with Crippen molar-refractivity contribution in [3.63, 3.8) is 0 Å². The Morgan fingerprint density at radius 1 is 0.396 bits per heavy atom. The topological polar surface area (TPSA) is 41.9 Å². The Kier molecular flexibility index (Phi) is 6.44. The van der Waals surface area contributed by atoms with Gasteiger partial charge in [-0.1, -0.05) is 123 Å². The lowest BCUT2D eigenvalue weighted by atomic mass is 9.81. The Morgan fingerprint density at radius 2 is 0.812 bits per heavy atom. The van der Waals surface area contributed by atoms with Gasteiger partial charge >= 0.3 is 0 Å². The van der Waals surface area contributed by atoms with E-state index in [4.69, 9.17) is 15.0 Å². The minimum Gasteiger partial charge on any atom is -0.310 e. The van der Waals surface area contributed by atoms with Crippen molar-refractivity contribution in [3.05, 3.63) is 169 Å². The van der Waals surface area contributed by atoms with Crippen molar-refractivity contribution in [2.24, 2.45) is 0 Å². The molecule has 0 spiro atoms. The second-order valence-corrected chi connectivity index (χ2v) is 12.9. The first-order chi connectivity index (χ1) is 23.5. The van der Waals surface area contributed by atoms with E-state index in [-0.39, 0.29) is 5.41 Å². The van der Waals surface area contributed by atoms with Gasteiger partial charge in [0.15, 0.2) is 17.5 Å². The van der Waals surface area contributed by atoms with Crippen LogP contribution in [0.2, 0.25) is 0 Å². The highest BCUT2D eigenvalue weighted by Crippen LogP contribution is 2.52. The maximum atomic E-state index is 5.06. The molecule has 48 heavy (non-hydrogen) atoms. The van der Waals surface area contributed by atoms with Gasteiger partial charge in [0.2, 0.25) is 0 Å². The van der Waals surface area contributed by atoms with Crippen LogP contribution in [0.3, 0.4) is 0 Å². The van der Waals surface area contributed by atoms with Crippen molar-refractivity contribution in [2.75, 3.05) is 4.90 Å². The van der Waals surface area contributed by atoms with E-state index in [9.17, 15) is 0 Å². The molecule has 0 radical (unpaired) electrons. The molecule has 1 aliphatic rings. The third-order valence-corrected chi connectivity index (χ3v) is 9.61. The third kappa shape index (κ3) is 4.57. The molecular weight excluding hydrogens is 585 g/mol. The fourth-order valence-electron chi connectivity index (χ4n) is 7.24. The summed E-state index contributed by atoms with van der Waals surface area (Å²) >= 11 is 0. The molecule has 7 aromatic carbocycles. The summed E-state index contributed by atoms with van der Waals surface area (Å²) in [4.78, 5) is 17.4. The molecule has 4 nitrogen and oxygen atoms in total. The lowest BCUT2D eigenvalue weighted by Crippen LogP contribution is -2.17. The van der Waals surface area contributed by atoms with Gasteiger partial charge in [-0.3, -0.25) is 0 Å². The van der Waals surface area contributed by atoms with E-state index in [0.717, 1.165) is 33.8 Å². The molecule has 0 atom stereocenters. The fraction of sp³-hybridized carbons (Fsp3) is 0.0682. The Morgan fingerprint density at radius 3 is 1.31 bits per heavy atom. The fourth-order valence-corrected chi connectivity index (χ4v) is 7.24. The van der Waals surface area contributed by atoms with E-state index in [1.807, 2.05) is 36.4 Å². The van der Waals surface area contributed by atoms with Gasteiger partial charge in [-0.05, 0) is 81.2 Å². The standard InChI is InChI=1S/C44H32N4/c1-44(2)37-27-33(43-46-41(29-15-7-3-8-16-29)45-42(47-43)30-17-9-4-10-18-30)25-31-23-24-32-26-36(28-38(44)40(32)39(31)37)48(34-19-11-5-12-20-34)35-21-13-6-14-22-35/h3-28H,1-2H3. The van der Waals surface area contributed by atoms with Crippen LogP contribution in [0.1, 0.15) is 25.0 Å². The van der Waals surface area contributed by atoms with Gasteiger partial charge in [0.25, 0.3) is 0 Å². The van der Waals surface area contributed by atoms with Crippen LogP contribution in [0.4, 0.5) is 17.1 Å². The van der Waals surface area contributed by atoms with Gasteiger partial charge in [-0.25, -0.2) is 15.0 Å². The van der Waals surface area contributed by atoms with Crippen molar-refractivity contribution in [1.29, 1.82) is 0 Å². The van der Waals surface area contributed by atoms with Gasteiger partial charge in [0.1, 0.15) is 0 Å². The van der Waals surface area contributed by atoms with Crippen molar-refractivity contribution in [1.82, 2.24) is 15.0 Å². The lowest BCUT2D eigenvalue weighted by molar-refractivity contribution is 0.663. The van der Waals surface area contributed by atoms with Crippen molar-refractivity contribution in [2.45, 2.75) is 19.3 Å². The first kappa shape index (κ1) is 28.1. The Labute approximate surface area is 280 Å². The van der Waals surface area contributed by atoms with Crippen molar-refractivity contribution in [3.8, 4) is 34.2 Å². The molecule has 1 aliphatic carbocycles. The van der Waals surface area contributed by atoms with Gasteiger partial charge in [0, 0.05) is 39.2 Å². The van der Waals surface area contributed by atoms with Crippen LogP contribution in [0.5, 0.6) is 0 Å². The lowest BCUT2D eigenvalue weighted by Gasteiger charge is -2.28. The van der Waals surface area contributed by atoms with Crippen LogP contribution < -0.4 is 4.90 Å². The van der Waals surface area contributed by atoms with Crippen LogP contribution in [-0.2, 0) is 5.41 Å². The number of anilines is 3. The molecule has 0 amide bonds. The summed E-state index contributed by atoms with van der Waals surface area (Å²) in [6.07, 6.45) is 0. The van der Waals surface area contributed by atoms with Crippen molar-refractivity contribution >= 4 is 38.6 Å². The zero-order chi connectivity index (χ0) is 32.2. The van der Waals surface area contributed by atoms with Gasteiger partial charge in [0.05, 0.1) is 0 Å². The van der Waals surface area contributed by atoms with Gasteiger partial charge in [-0.2, -0.15) is 0 Å². The van der Waals surface area contributed by atoms with E-state index < -0.39 is 0 Å². The van der Waals surface area contributed by atoms with E-state index in [2.05, 4.69) is 140 Å². The predicted octanol–water partition coefficient (Wildman–Crippen LogP) is 11.3. The molecule has 1 heterocycles. The molecular formula is C44H32N4. The largest absolute Gasteiger partial charge is 0.310 e. The SMILES string of the molecule is CC1(C)c2cc(-c3nc(-c4ccccc4)nc(-c4ccccc4)n3)cc3ccc4cc(N(c5ccccc5)c5ccccc5)cc1c4c23. The third-order valence-electron chi connectivity index (χ3n) is 9.61. The van der Waals surface area contributed by atoms with E-state index >= 15 is 0 Å². The summed E-state index contributed by atoms with van der Waals surface area (Å²) in [5.74, 6) is 2.01. The second-order valence-electron chi connectivity index (χ2n) is 12.9. The first-order valence-electron chi connectivity index (χ1n) is 16.4. The molecule has 0 fully saturated rings. The number of para-hydroxylation sites is 2. The highest BCUT2D eigenvalue weighted by atomic mass is 15.1. The number of hydrogen-bond donors (Lipinski definition) is 0. The maximum Gasteiger partial charge on any atom is 0.164 e. The Balaban J connectivity index is 1.23. The van der Waals surface area contributed by atoms with E-state index in [1.54, 1.807) is 0 Å². The molecule has 0 N–H and O–H groups in total. The second kappa shape index (κ2) is 11.0. The summed E-state index contributed by atoms with van der Waals surface area (Å²) in [5, 5.41) is 5.08. The van der Waals surface area contributed by atoms with Gasteiger partial charge in [-0.15, -0.1) is 0 Å². The number of benzene rings is 7. The molecule has 9 rings (SSSR count). The normalized spacial score (nSPS) is 13.0. The molecule has 0 bridgehead atoms. The Bertz CT molecular complexity index is 2360. The molecule has 1 aromatic heterocycles. The summed E-state index contributed by atoms with van der Waals surface area (Å²) in [6.45, 7) is 4.69. The molecule has 0 saturated carbocycles. The first-order valence-corrected chi connectivity index (χ1v) is 16.4. The molecule has 8 aromatic rings. The highest BCUT2D eigenvalue weighted by Gasteiger charge is 2.35. The zero-order valence-electron chi connectivity index (χ0n) is 26.8. The summed E-state index contributed by atoms with van der Waals surface area (Å²) in [7, 11) is 0. The smallest absolute Gasteiger partial charge is 0.164 e. The number of hydrogen-bond acceptors (Lipinski definition) is 4. The average Bonchev–Trinajstić information content (AvgIpc) is 3.38. The molecule has 0 saturated heterocycles. The molecule has 0 unspecified atom stereocenters. The molecule has 4 heteroatoms. The van der Waals surface area contributed by atoms with Crippen LogP contribution in [0.25, 0.3) is 55.7 Å². The van der Waals surface area contributed by atoms with E-state index in [0.29, 0.717) is 17.5 Å². The Hall–Kier alpha value is -6.13. The summed E-state index contributed by atoms with van der Waals surface area (Å²) in [5.41, 5.74) is 8.70. The number of nitrogens with zero attached hydrogens (tertiary/aromatic N) is 4. The average molecular weight is 617 g/mol. The quantitative estimate of drug-likeness (QED) is 0.174. The monoisotopic (exact) mass is 616 g/mol. The van der Waals surface area contributed by atoms with Crippen LogP contribution in [0, 0.1) is 0 Å². The molecule has 0 aliphatic heterocycles. The van der Waals surface area contributed by atoms with Crippen LogP contribution in [-0.4, -0.2) is 15.0 Å². The number of rotatable bonds is 6. The number of aromatic nitrogens is 3. The molecule has 228 valence electrons.